The largest absolute Gasteiger partial charge is 0.395 e. The van der Waals surface area contributed by atoms with Gasteiger partial charge < -0.3 is 19.9 Å². The molecule has 2 saturated heterocycles. The van der Waals surface area contributed by atoms with Crippen molar-refractivity contribution in [3.63, 3.8) is 0 Å². The van der Waals surface area contributed by atoms with Crippen molar-refractivity contribution in [2.24, 2.45) is 0 Å². The number of aryl methyl sites for hydroxylation is 2. The Hall–Kier alpha value is -2.34. The molecule has 1 aromatic heterocycles. The Balaban J connectivity index is 1.53. The molecule has 0 saturated carbocycles. The van der Waals surface area contributed by atoms with Crippen LogP contribution in [0.25, 0.3) is 10.9 Å². The van der Waals surface area contributed by atoms with Gasteiger partial charge >= 0.3 is 0 Å². The molecule has 2 N–H and O–H groups in total. The third-order valence-corrected chi connectivity index (χ3v) is 7.17. The van der Waals surface area contributed by atoms with Crippen molar-refractivity contribution in [3.05, 3.63) is 35.0 Å². The molecule has 2 aromatic rings. The number of carbonyl (C=O) groups excluding carboxylic acids is 2. The number of hydrogen-bond acceptors (Lipinski definition) is 3. The van der Waals surface area contributed by atoms with Crippen LogP contribution in [0, 0.1) is 0 Å². The molecule has 0 radical (unpaired) electrons. The summed E-state index contributed by atoms with van der Waals surface area (Å²) in [6, 6.07) is 5.99. The molecule has 154 valence electrons. The molecule has 1 aromatic carbocycles. The van der Waals surface area contributed by atoms with Gasteiger partial charge in [-0.2, -0.15) is 0 Å². The molecule has 3 aliphatic rings. The van der Waals surface area contributed by atoms with Crippen LogP contribution >= 0.6 is 0 Å². The van der Waals surface area contributed by atoms with Gasteiger partial charge in [0.25, 0.3) is 5.91 Å². The molecule has 2 aliphatic heterocycles. The van der Waals surface area contributed by atoms with Gasteiger partial charge in [0.2, 0.25) is 5.91 Å². The molecule has 3 heterocycles. The molecule has 1 aliphatic carbocycles. The summed E-state index contributed by atoms with van der Waals surface area (Å²) in [5, 5.41) is 10.5. The van der Waals surface area contributed by atoms with Gasteiger partial charge in [-0.15, -0.1) is 0 Å². The number of para-hydroxylation sites is 1. The lowest BCUT2D eigenvalue weighted by Gasteiger charge is -2.44. The number of aliphatic hydroxyl groups excluding tert-OH is 1. The fourth-order valence-electron chi connectivity index (χ4n) is 5.81. The first-order valence-corrected chi connectivity index (χ1v) is 11.0. The number of fused-ring (bicyclic) bond motifs is 3. The highest BCUT2D eigenvalue weighted by molar-refractivity contribution is 6.08. The summed E-state index contributed by atoms with van der Waals surface area (Å²) in [6.07, 6.45) is 7.65. The van der Waals surface area contributed by atoms with Crippen molar-refractivity contribution in [1.82, 2.24) is 14.8 Å². The van der Waals surface area contributed by atoms with E-state index in [1.165, 1.54) is 24.1 Å². The van der Waals surface area contributed by atoms with E-state index in [-0.39, 0.29) is 18.4 Å². The first-order chi connectivity index (χ1) is 14.2. The van der Waals surface area contributed by atoms with Gasteiger partial charge in [-0.25, -0.2) is 0 Å². The maximum absolute atomic E-state index is 13.7. The quantitative estimate of drug-likeness (QED) is 0.839. The minimum Gasteiger partial charge on any atom is -0.395 e. The smallest absolute Gasteiger partial charge is 0.256 e. The number of rotatable bonds is 3. The van der Waals surface area contributed by atoms with Crippen LogP contribution in [0.1, 0.15) is 60.1 Å². The van der Waals surface area contributed by atoms with Gasteiger partial charge in [-0.1, -0.05) is 12.1 Å². The highest BCUT2D eigenvalue weighted by Gasteiger charge is 2.52. The molecule has 1 unspecified atom stereocenters. The molecule has 2 amide bonds. The maximum Gasteiger partial charge on any atom is 0.256 e. The van der Waals surface area contributed by atoms with Crippen LogP contribution in [-0.4, -0.2) is 63.5 Å². The van der Waals surface area contributed by atoms with E-state index >= 15 is 0 Å². The number of aromatic nitrogens is 1. The van der Waals surface area contributed by atoms with Crippen LogP contribution in [0.2, 0.25) is 0 Å². The highest BCUT2D eigenvalue weighted by Crippen LogP contribution is 2.40. The number of hydrogen-bond donors (Lipinski definition) is 2. The normalized spacial score (nSPS) is 24.5. The van der Waals surface area contributed by atoms with Crippen molar-refractivity contribution >= 4 is 22.7 Å². The molecule has 2 fully saturated rings. The fourth-order valence-corrected chi connectivity index (χ4v) is 5.81. The standard InChI is InChI=1S/C23H29N3O3/c27-15-14-25-12-4-10-23(22(25)29)11-5-13-26(23)21(28)18-8-3-7-17-16-6-1-2-9-19(16)24-20(17)18/h3,7-8,24,27H,1-2,4-6,9-15H2. The molecule has 0 bridgehead atoms. The predicted molar refractivity (Wildman–Crippen MR) is 111 cm³/mol. The number of amides is 2. The van der Waals surface area contributed by atoms with E-state index in [1.54, 1.807) is 4.90 Å². The number of piperidine rings is 1. The number of nitrogens with one attached hydrogen (secondary N) is 1. The minimum atomic E-state index is -0.737. The van der Waals surface area contributed by atoms with E-state index in [1.807, 2.05) is 17.0 Å². The van der Waals surface area contributed by atoms with E-state index in [0.29, 0.717) is 25.2 Å². The van der Waals surface area contributed by atoms with Crippen LogP contribution in [-0.2, 0) is 17.6 Å². The second-order valence-electron chi connectivity index (χ2n) is 8.73. The second kappa shape index (κ2) is 7.17. The topological polar surface area (TPSA) is 76.6 Å². The molecule has 5 rings (SSSR count). The molecular weight excluding hydrogens is 366 g/mol. The van der Waals surface area contributed by atoms with E-state index in [4.69, 9.17) is 0 Å². The van der Waals surface area contributed by atoms with E-state index in [0.717, 1.165) is 49.4 Å². The summed E-state index contributed by atoms with van der Waals surface area (Å²) >= 11 is 0. The number of β-amino-alcohol motifs (C(OH)–C–C–N with tert-alkyl or cyclic N) is 1. The average molecular weight is 396 g/mol. The molecule has 29 heavy (non-hydrogen) atoms. The molecule has 6 heteroatoms. The van der Waals surface area contributed by atoms with E-state index < -0.39 is 5.54 Å². The Morgan fingerprint density at radius 2 is 1.90 bits per heavy atom. The molecular formula is C23H29N3O3. The number of aromatic amines is 1. The van der Waals surface area contributed by atoms with Gasteiger partial charge in [0, 0.05) is 30.7 Å². The minimum absolute atomic E-state index is 0.0154. The Kier molecular flexibility index (Phi) is 4.62. The number of benzene rings is 1. The van der Waals surface area contributed by atoms with Crippen molar-refractivity contribution in [2.45, 2.75) is 56.9 Å². The van der Waals surface area contributed by atoms with Gasteiger partial charge in [0.05, 0.1) is 17.7 Å². The van der Waals surface area contributed by atoms with Crippen LogP contribution in [0.4, 0.5) is 0 Å². The summed E-state index contributed by atoms with van der Waals surface area (Å²) in [5.74, 6) is -0.0208. The summed E-state index contributed by atoms with van der Waals surface area (Å²) in [6.45, 7) is 1.60. The molecule has 1 atom stereocenters. The first-order valence-electron chi connectivity index (χ1n) is 11.0. The van der Waals surface area contributed by atoms with Gasteiger partial charge in [0.1, 0.15) is 5.54 Å². The zero-order valence-electron chi connectivity index (χ0n) is 16.9. The zero-order valence-corrected chi connectivity index (χ0v) is 16.9. The van der Waals surface area contributed by atoms with Crippen molar-refractivity contribution in [2.75, 3.05) is 26.2 Å². The monoisotopic (exact) mass is 395 g/mol. The SMILES string of the molecule is O=C(c1cccc2c3c([nH]c12)CCCC3)N1CCCC12CCCN(CCO)C2=O. The zero-order chi connectivity index (χ0) is 20.0. The first kappa shape index (κ1) is 18.7. The van der Waals surface area contributed by atoms with Crippen molar-refractivity contribution in [1.29, 1.82) is 0 Å². The number of aliphatic hydroxyl groups is 1. The van der Waals surface area contributed by atoms with Crippen LogP contribution < -0.4 is 0 Å². The third-order valence-electron chi connectivity index (χ3n) is 7.17. The number of carbonyl (C=O) groups is 2. The molecule has 6 nitrogen and oxygen atoms in total. The lowest BCUT2D eigenvalue weighted by Crippen LogP contribution is -2.61. The lowest BCUT2D eigenvalue weighted by atomic mass is 9.85. The van der Waals surface area contributed by atoms with Crippen LogP contribution in [0.5, 0.6) is 0 Å². The van der Waals surface area contributed by atoms with Gasteiger partial charge in [0.15, 0.2) is 0 Å². The fraction of sp³-hybridized carbons (Fsp3) is 0.565. The van der Waals surface area contributed by atoms with Crippen molar-refractivity contribution in [3.8, 4) is 0 Å². The highest BCUT2D eigenvalue weighted by atomic mass is 16.3. The molecule has 1 spiro atoms. The Morgan fingerprint density at radius 1 is 1.10 bits per heavy atom. The van der Waals surface area contributed by atoms with E-state index in [2.05, 4.69) is 11.1 Å². The average Bonchev–Trinajstić information content (AvgIpc) is 3.33. The second-order valence-corrected chi connectivity index (χ2v) is 8.73. The Morgan fingerprint density at radius 3 is 2.72 bits per heavy atom. The predicted octanol–water partition coefficient (Wildman–Crippen LogP) is 2.64. The van der Waals surface area contributed by atoms with Gasteiger partial charge in [-0.05, 0) is 63.0 Å². The van der Waals surface area contributed by atoms with Gasteiger partial charge in [-0.3, -0.25) is 9.59 Å². The summed E-state index contributed by atoms with van der Waals surface area (Å²) in [7, 11) is 0. The lowest BCUT2D eigenvalue weighted by molar-refractivity contribution is -0.146. The summed E-state index contributed by atoms with van der Waals surface area (Å²) in [5.41, 5.74) is 3.51. The number of nitrogens with zero attached hydrogens (tertiary/aromatic N) is 2. The maximum atomic E-state index is 13.7. The summed E-state index contributed by atoms with van der Waals surface area (Å²) < 4.78 is 0. The Bertz CT molecular complexity index is 964. The van der Waals surface area contributed by atoms with Crippen molar-refractivity contribution < 1.29 is 14.7 Å². The number of likely N-dealkylation sites (tertiary alicyclic amines) is 2. The third kappa shape index (κ3) is 2.80. The van der Waals surface area contributed by atoms with Crippen LogP contribution in [0.3, 0.4) is 0 Å². The number of H-pyrrole nitrogens is 1. The Labute approximate surface area is 170 Å². The van der Waals surface area contributed by atoms with E-state index in [9.17, 15) is 14.7 Å². The van der Waals surface area contributed by atoms with Crippen LogP contribution in [0.15, 0.2) is 18.2 Å². The summed E-state index contributed by atoms with van der Waals surface area (Å²) in [4.78, 5) is 34.2.